The number of nitrogens with one attached hydrogen (secondary N) is 1. The van der Waals surface area contributed by atoms with Crippen molar-refractivity contribution >= 4 is 16.0 Å². The molecule has 0 aromatic heterocycles. The van der Waals surface area contributed by atoms with Gasteiger partial charge in [-0.3, -0.25) is 4.79 Å². The number of hydroxylamine groups is 1. The molecule has 7 heteroatoms. The topological polar surface area (TPSA) is 72.5 Å². The molecule has 0 bridgehead atoms. The van der Waals surface area contributed by atoms with E-state index < -0.39 is 16.0 Å². The van der Waals surface area contributed by atoms with Crippen LogP contribution in [-0.4, -0.2) is 20.1 Å². The summed E-state index contributed by atoms with van der Waals surface area (Å²) in [6.07, 6.45) is 0. The number of hydrogen-bond donors (Lipinski definition) is 1. The van der Waals surface area contributed by atoms with Crippen LogP contribution in [0.3, 0.4) is 0 Å². The van der Waals surface area contributed by atoms with Gasteiger partial charge in [0.2, 0.25) is 0 Å². The SMILES string of the molecule is C=C(C)C(=O)NOS(=O)(=O)CC(C)C.[H-].[Na+]. The van der Waals surface area contributed by atoms with Crippen LogP contribution < -0.4 is 35.0 Å². The monoisotopic (exact) mass is 245 g/mol. The Morgan fingerprint density at radius 2 is 2.00 bits per heavy atom. The first kappa shape index (κ1) is 17.5. The van der Waals surface area contributed by atoms with Gasteiger partial charge in [0.15, 0.2) is 0 Å². The zero-order valence-electron chi connectivity index (χ0n) is 10.5. The van der Waals surface area contributed by atoms with Crippen LogP contribution in [0.15, 0.2) is 12.2 Å². The molecule has 0 aliphatic carbocycles. The Bertz CT molecular complexity index is 329. The van der Waals surface area contributed by atoms with E-state index in [1.165, 1.54) is 6.92 Å². The van der Waals surface area contributed by atoms with Gasteiger partial charge in [0.1, 0.15) is 0 Å². The molecular weight excluding hydrogens is 229 g/mol. The summed E-state index contributed by atoms with van der Waals surface area (Å²) < 4.78 is 26.5. The van der Waals surface area contributed by atoms with Crippen LogP contribution in [0.25, 0.3) is 0 Å². The second-order valence-electron chi connectivity index (χ2n) is 3.41. The van der Waals surface area contributed by atoms with E-state index in [2.05, 4.69) is 10.9 Å². The van der Waals surface area contributed by atoms with Crippen LogP contribution in [0.4, 0.5) is 0 Å². The van der Waals surface area contributed by atoms with Crippen molar-refractivity contribution in [2.45, 2.75) is 20.8 Å². The molecule has 84 valence electrons. The first-order chi connectivity index (χ1) is 6.24. The smallest absolute Gasteiger partial charge is 1.00 e. The summed E-state index contributed by atoms with van der Waals surface area (Å²) in [5.74, 6) is -0.831. The molecule has 0 radical (unpaired) electrons. The number of hydrogen-bond acceptors (Lipinski definition) is 4. The van der Waals surface area contributed by atoms with E-state index in [0.717, 1.165) is 0 Å². The molecule has 0 aliphatic heterocycles. The fraction of sp³-hybridized carbons (Fsp3) is 0.625. The Kier molecular flexibility index (Phi) is 8.64. The van der Waals surface area contributed by atoms with Crippen molar-refractivity contribution in [3.8, 4) is 0 Å². The van der Waals surface area contributed by atoms with Gasteiger partial charge in [0, 0.05) is 5.57 Å². The summed E-state index contributed by atoms with van der Waals surface area (Å²) >= 11 is 0. The molecule has 1 amide bonds. The minimum absolute atomic E-state index is 0. The maximum absolute atomic E-state index is 11.1. The largest absolute Gasteiger partial charge is 1.00 e. The van der Waals surface area contributed by atoms with Gasteiger partial charge in [-0.05, 0) is 12.8 Å². The van der Waals surface area contributed by atoms with Crippen LogP contribution in [0.2, 0.25) is 0 Å². The Labute approximate surface area is 114 Å². The third kappa shape index (κ3) is 9.07. The van der Waals surface area contributed by atoms with Crippen LogP contribution in [0, 0.1) is 5.92 Å². The molecule has 0 aliphatic rings. The molecule has 1 N–H and O–H groups in total. The normalized spacial score (nSPS) is 10.7. The summed E-state index contributed by atoms with van der Waals surface area (Å²) in [7, 11) is -3.68. The first-order valence-electron chi connectivity index (χ1n) is 4.11. The quantitative estimate of drug-likeness (QED) is 0.336. The summed E-state index contributed by atoms with van der Waals surface area (Å²) in [4.78, 5) is 10.9. The first-order valence-corrected chi connectivity index (χ1v) is 5.69. The molecule has 0 fully saturated rings. The van der Waals surface area contributed by atoms with Gasteiger partial charge in [-0.2, -0.15) is 8.42 Å². The molecule has 0 rings (SSSR count). The molecule has 0 unspecified atom stereocenters. The Morgan fingerprint density at radius 1 is 1.53 bits per heavy atom. The molecule has 15 heavy (non-hydrogen) atoms. The minimum Gasteiger partial charge on any atom is -1.00 e. The second kappa shape index (κ2) is 7.40. The van der Waals surface area contributed by atoms with Gasteiger partial charge >= 0.3 is 29.6 Å². The van der Waals surface area contributed by atoms with Crippen molar-refractivity contribution in [1.29, 1.82) is 0 Å². The summed E-state index contributed by atoms with van der Waals surface area (Å²) in [5.41, 5.74) is 1.99. The summed E-state index contributed by atoms with van der Waals surface area (Å²) in [5, 5.41) is 0. The van der Waals surface area contributed by atoms with Crippen molar-refractivity contribution in [3.05, 3.63) is 12.2 Å². The zero-order chi connectivity index (χ0) is 11.4. The molecular formula is C8H16NNaO4S. The van der Waals surface area contributed by atoms with E-state index in [4.69, 9.17) is 0 Å². The van der Waals surface area contributed by atoms with E-state index in [1.807, 2.05) is 0 Å². The van der Waals surface area contributed by atoms with E-state index in [0.29, 0.717) is 0 Å². The predicted octanol–water partition coefficient (Wildman–Crippen LogP) is -2.29. The average molecular weight is 245 g/mol. The maximum Gasteiger partial charge on any atom is 1.00 e. The van der Waals surface area contributed by atoms with E-state index in [1.54, 1.807) is 19.3 Å². The molecule has 0 atom stereocenters. The van der Waals surface area contributed by atoms with Crippen LogP contribution in [0.5, 0.6) is 0 Å². The van der Waals surface area contributed by atoms with Crippen molar-refractivity contribution in [2.24, 2.45) is 5.92 Å². The fourth-order valence-corrected chi connectivity index (χ4v) is 1.72. The van der Waals surface area contributed by atoms with Crippen LogP contribution >= 0.6 is 0 Å². The van der Waals surface area contributed by atoms with Gasteiger partial charge in [0.25, 0.3) is 16.0 Å². The van der Waals surface area contributed by atoms with E-state index >= 15 is 0 Å². The van der Waals surface area contributed by atoms with Gasteiger partial charge < -0.3 is 1.43 Å². The van der Waals surface area contributed by atoms with Crippen LogP contribution in [-0.2, 0) is 19.2 Å². The zero-order valence-corrected chi connectivity index (χ0v) is 12.3. The second-order valence-corrected chi connectivity index (χ2v) is 5.03. The molecule has 0 heterocycles. The van der Waals surface area contributed by atoms with Gasteiger partial charge in [-0.25, -0.2) is 5.48 Å². The molecule has 0 spiro atoms. The average Bonchev–Trinajstić information content (AvgIpc) is 1.97. The summed E-state index contributed by atoms with van der Waals surface area (Å²) in [6.45, 7) is 8.26. The van der Waals surface area contributed by atoms with Gasteiger partial charge in [0.05, 0.1) is 5.75 Å². The van der Waals surface area contributed by atoms with Crippen molar-refractivity contribution in [1.82, 2.24) is 5.48 Å². The Hall–Kier alpha value is 0.120. The number of amides is 1. The molecule has 0 saturated heterocycles. The Balaban J connectivity index is -0.000000845. The fourth-order valence-electron chi connectivity index (χ4n) is 0.631. The molecule has 5 nitrogen and oxygen atoms in total. The minimum atomic E-state index is -3.68. The van der Waals surface area contributed by atoms with Gasteiger partial charge in [-0.15, -0.1) is 4.28 Å². The number of carbonyl (C=O) groups is 1. The number of rotatable bonds is 5. The van der Waals surface area contributed by atoms with Crippen molar-refractivity contribution in [2.75, 3.05) is 5.75 Å². The maximum atomic E-state index is 11.1. The van der Waals surface area contributed by atoms with E-state index in [-0.39, 0.29) is 48.2 Å². The summed E-state index contributed by atoms with van der Waals surface area (Å²) in [6, 6.07) is 0. The third-order valence-electron chi connectivity index (χ3n) is 1.19. The molecule has 0 saturated carbocycles. The predicted molar refractivity (Wildman–Crippen MR) is 53.8 cm³/mol. The number of carbonyl (C=O) groups excluding carboxylic acids is 1. The van der Waals surface area contributed by atoms with Crippen molar-refractivity contribution in [3.63, 3.8) is 0 Å². The van der Waals surface area contributed by atoms with Crippen LogP contribution in [0.1, 0.15) is 22.2 Å². The van der Waals surface area contributed by atoms with E-state index in [9.17, 15) is 13.2 Å². The van der Waals surface area contributed by atoms with Gasteiger partial charge in [-0.1, -0.05) is 20.4 Å². The van der Waals surface area contributed by atoms with Crippen molar-refractivity contribution < 1.29 is 48.5 Å². The molecule has 0 aromatic rings. The Morgan fingerprint density at radius 3 is 2.33 bits per heavy atom. The molecule has 0 aromatic carbocycles. The third-order valence-corrected chi connectivity index (χ3v) is 2.60. The standard InChI is InChI=1S/C8H15NO4S.Na.H/c1-6(2)5-14(11,12)13-9-8(10)7(3)4;;/h6H,3,5H2,1-2,4H3,(H,9,10);;/q;+1;-1.